The number of carbonyl (C=O) groups excluding carboxylic acids is 1. The Morgan fingerprint density at radius 3 is 2.59 bits per heavy atom. The zero-order chi connectivity index (χ0) is 15.9. The Balaban J connectivity index is 2.22. The van der Waals surface area contributed by atoms with Crippen molar-refractivity contribution in [3.05, 3.63) is 48.0 Å². The molecule has 0 unspecified atom stereocenters. The Bertz CT molecular complexity index is 724. The normalized spacial score (nSPS) is 9.68. The summed E-state index contributed by atoms with van der Waals surface area (Å²) in [6, 6.07) is 11.6. The molecule has 2 aromatic rings. The molecule has 0 aliphatic heterocycles. The number of methoxy groups -OCH3 is 2. The third kappa shape index (κ3) is 3.71. The molecule has 2 rings (SSSR count). The predicted octanol–water partition coefficient (Wildman–Crippen LogP) is 3.50. The van der Waals surface area contributed by atoms with Gasteiger partial charge in [0.2, 0.25) is 0 Å². The van der Waals surface area contributed by atoms with Gasteiger partial charge in [-0.05, 0) is 48.2 Å². The third-order valence-corrected chi connectivity index (χ3v) is 3.39. The summed E-state index contributed by atoms with van der Waals surface area (Å²) >= 11 is 1.00. The molecule has 0 saturated carbocycles. The van der Waals surface area contributed by atoms with E-state index in [1.54, 1.807) is 42.5 Å². The molecule has 0 saturated heterocycles. The highest BCUT2D eigenvalue weighted by Gasteiger charge is 2.13. The largest absolute Gasteiger partial charge is 0.497 e. The van der Waals surface area contributed by atoms with Crippen molar-refractivity contribution in [2.45, 2.75) is 4.90 Å². The van der Waals surface area contributed by atoms with E-state index in [0.29, 0.717) is 22.0 Å². The van der Waals surface area contributed by atoms with Crippen molar-refractivity contribution in [1.29, 1.82) is 5.26 Å². The van der Waals surface area contributed by atoms with Gasteiger partial charge in [0, 0.05) is 4.90 Å². The van der Waals surface area contributed by atoms with Crippen molar-refractivity contribution in [3.63, 3.8) is 0 Å². The van der Waals surface area contributed by atoms with E-state index in [1.807, 2.05) is 5.40 Å². The molecule has 22 heavy (non-hydrogen) atoms. The van der Waals surface area contributed by atoms with Gasteiger partial charge in [-0.3, -0.25) is 0 Å². The van der Waals surface area contributed by atoms with Crippen LogP contribution >= 0.6 is 11.8 Å². The minimum atomic E-state index is -0.516. The first-order valence-electron chi connectivity index (χ1n) is 6.28. The Labute approximate surface area is 132 Å². The van der Waals surface area contributed by atoms with E-state index in [2.05, 4.69) is 0 Å². The first-order chi connectivity index (χ1) is 10.7. The van der Waals surface area contributed by atoms with Crippen LogP contribution < -0.4 is 14.2 Å². The summed E-state index contributed by atoms with van der Waals surface area (Å²) in [6.07, 6.45) is 0. The topological polar surface area (TPSA) is 68.5 Å². The van der Waals surface area contributed by atoms with Gasteiger partial charge in [0.25, 0.3) is 0 Å². The first-order valence-corrected chi connectivity index (χ1v) is 7.09. The van der Waals surface area contributed by atoms with Crippen molar-refractivity contribution < 1.29 is 19.0 Å². The molecule has 0 N–H and O–H groups in total. The number of ether oxygens (including phenoxy) is 3. The molecule has 2 aromatic carbocycles. The molecule has 0 spiro atoms. The van der Waals surface area contributed by atoms with Gasteiger partial charge in [0.1, 0.15) is 11.2 Å². The number of benzene rings is 2. The molecule has 0 amide bonds. The molecule has 112 valence electrons. The number of thiocyanates is 1. The predicted molar refractivity (Wildman–Crippen MR) is 82.4 cm³/mol. The fourth-order valence-electron chi connectivity index (χ4n) is 1.76. The van der Waals surface area contributed by atoms with Crippen molar-refractivity contribution in [1.82, 2.24) is 0 Å². The van der Waals surface area contributed by atoms with Gasteiger partial charge in [0.05, 0.1) is 19.8 Å². The van der Waals surface area contributed by atoms with Crippen LogP contribution in [0.1, 0.15) is 10.4 Å². The maximum atomic E-state index is 12.2. The maximum Gasteiger partial charge on any atom is 0.343 e. The fourth-order valence-corrected chi connectivity index (χ4v) is 2.16. The van der Waals surface area contributed by atoms with E-state index in [1.165, 1.54) is 14.2 Å². The van der Waals surface area contributed by atoms with Crippen LogP contribution in [0.4, 0.5) is 0 Å². The molecule has 0 bridgehead atoms. The van der Waals surface area contributed by atoms with Crippen LogP contribution in [0.2, 0.25) is 0 Å². The lowest BCUT2D eigenvalue weighted by Gasteiger charge is -2.10. The number of nitriles is 1. The van der Waals surface area contributed by atoms with E-state index in [4.69, 9.17) is 19.5 Å². The summed E-state index contributed by atoms with van der Waals surface area (Å²) in [5, 5.41) is 10.6. The SMILES string of the molecule is COc1cccc(C(=O)Oc2ccc(SC#N)cc2OC)c1. The average molecular weight is 315 g/mol. The zero-order valence-electron chi connectivity index (χ0n) is 12.0. The van der Waals surface area contributed by atoms with Crippen LogP contribution in [-0.2, 0) is 0 Å². The number of rotatable bonds is 5. The van der Waals surface area contributed by atoms with E-state index in [9.17, 15) is 4.79 Å². The second kappa shape index (κ2) is 7.38. The Kier molecular flexibility index (Phi) is 5.28. The van der Waals surface area contributed by atoms with E-state index >= 15 is 0 Å². The molecule has 5 nitrogen and oxygen atoms in total. The van der Waals surface area contributed by atoms with Gasteiger partial charge in [-0.25, -0.2) is 4.79 Å². The summed E-state index contributed by atoms with van der Waals surface area (Å²) < 4.78 is 15.6. The lowest BCUT2D eigenvalue weighted by atomic mass is 10.2. The first kappa shape index (κ1) is 15.7. The van der Waals surface area contributed by atoms with Crippen LogP contribution in [0.5, 0.6) is 17.2 Å². The minimum absolute atomic E-state index is 0.289. The Hall–Kier alpha value is -2.65. The van der Waals surface area contributed by atoms with Crippen LogP contribution in [0.15, 0.2) is 47.4 Å². The highest BCUT2D eigenvalue weighted by Crippen LogP contribution is 2.32. The van der Waals surface area contributed by atoms with E-state index in [-0.39, 0.29) is 5.75 Å². The van der Waals surface area contributed by atoms with E-state index in [0.717, 1.165) is 11.8 Å². The monoisotopic (exact) mass is 315 g/mol. The standard InChI is InChI=1S/C16H13NO4S/c1-19-12-5-3-4-11(8-12)16(18)21-14-7-6-13(22-10-17)9-15(14)20-2/h3-9H,1-2H3. The van der Waals surface area contributed by atoms with Gasteiger partial charge in [-0.1, -0.05) is 6.07 Å². The second-order valence-corrected chi connectivity index (χ2v) is 4.99. The number of nitrogens with zero attached hydrogens (tertiary/aromatic N) is 1. The number of esters is 1. The lowest BCUT2D eigenvalue weighted by molar-refractivity contribution is 0.0729. The van der Waals surface area contributed by atoms with Gasteiger partial charge in [0.15, 0.2) is 11.5 Å². The molecule has 0 aliphatic rings. The molecule has 0 atom stereocenters. The molecule has 0 radical (unpaired) electrons. The molecule has 0 aliphatic carbocycles. The summed E-state index contributed by atoms with van der Waals surface area (Å²) in [5.74, 6) is 0.731. The number of hydrogen-bond acceptors (Lipinski definition) is 6. The highest BCUT2D eigenvalue weighted by molar-refractivity contribution is 8.03. The second-order valence-electron chi connectivity index (χ2n) is 4.13. The van der Waals surface area contributed by atoms with Gasteiger partial charge in [-0.15, -0.1) is 0 Å². The summed E-state index contributed by atoms with van der Waals surface area (Å²) in [4.78, 5) is 12.9. The maximum absolute atomic E-state index is 12.2. The van der Waals surface area contributed by atoms with Gasteiger partial charge >= 0.3 is 5.97 Å². The third-order valence-electron chi connectivity index (χ3n) is 2.81. The van der Waals surface area contributed by atoms with Crippen molar-refractivity contribution in [3.8, 4) is 22.6 Å². The Morgan fingerprint density at radius 1 is 1.09 bits per heavy atom. The highest BCUT2D eigenvalue weighted by atomic mass is 32.2. The van der Waals surface area contributed by atoms with Crippen LogP contribution in [0.3, 0.4) is 0 Å². The van der Waals surface area contributed by atoms with Crippen LogP contribution in [-0.4, -0.2) is 20.2 Å². The van der Waals surface area contributed by atoms with Crippen molar-refractivity contribution >= 4 is 17.7 Å². The zero-order valence-corrected chi connectivity index (χ0v) is 12.8. The fraction of sp³-hybridized carbons (Fsp3) is 0.125. The van der Waals surface area contributed by atoms with E-state index < -0.39 is 5.97 Å². The van der Waals surface area contributed by atoms with Crippen LogP contribution in [0, 0.1) is 10.7 Å². The molecule has 0 heterocycles. The van der Waals surface area contributed by atoms with Crippen molar-refractivity contribution in [2.75, 3.05) is 14.2 Å². The number of carbonyl (C=O) groups is 1. The average Bonchev–Trinajstić information content (AvgIpc) is 2.56. The van der Waals surface area contributed by atoms with Gasteiger partial charge < -0.3 is 14.2 Å². The molecule has 0 fully saturated rings. The smallest absolute Gasteiger partial charge is 0.343 e. The quantitative estimate of drug-likeness (QED) is 0.364. The lowest BCUT2D eigenvalue weighted by Crippen LogP contribution is -2.09. The van der Waals surface area contributed by atoms with Gasteiger partial charge in [-0.2, -0.15) is 5.26 Å². The Morgan fingerprint density at radius 2 is 1.91 bits per heavy atom. The van der Waals surface area contributed by atoms with Crippen molar-refractivity contribution in [2.24, 2.45) is 0 Å². The molecular weight excluding hydrogens is 302 g/mol. The number of thioether (sulfide) groups is 1. The molecule has 6 heteroatoms. The summed E-state index contributed by atoms with van der Waals surface area (Å²) in [6.45, 7) is 0. The molecule has 0 aromatic heterocycles. The summed E-state index contributed by atoms with van der Waals surface area (Å²) in [5.41, 5.74) is 0.372. The summed E-state index contributed by atoms with van der Waals surface area (Å²) in [7, 11) is 3.00. The number of hydrogen-bond donors (Lipinski definition) is 0. The molecular formula is C16H13NO4S. The van der Waals surface area contributed by atoms with Crippen LogP contribution in [0.25, 0.3) is 0 Å². The minimum Gasteiger partial charge on any atom is -0.497 e.